The number of rotatable bonds is 6. The molecule has 0 saturated heterocycles. The maximum absolute atomic E-state index is 6.05. The Labute approximate surface area is 181 Å². The lowest BCUT2D eigenvalue weighted by Gasteiger charge is -2.36. The van der Waals surface area contributed by atoms with Gasteiger partial charge in [-0.2, -0.15) is 4.98 Å². The molecule has 0 aliphatic heterocycles. The lowest BCUT2D eigenvalue weighted by Crippen LogP contribution is -2.29. The minimum Gasteiger partial charge on any atom is -0.334 e. The number of benzene rings is 1. The zero-order chi connectivity index (χ0) is 20.2. The molecule has 1 fully saturated rings. The number of thiophene rings is 1. The van der Waals surface area contributed by atoms with E-state index in [1.54, 1.807) is 0 Å². The molecule has 0 spiro atoms. The minimum absolute atomic E-state index is 0.524. The summed E-state index contributed by atoms with van der Waals surface area (Å²) in [5.74, 6) is 2.40. The maximum Gasteiger partial charge on any atom is 0.250 e. The number of hydrogen-bond donors (Lipinski definition) is 0. The third kappa shape index (κ3) is 4.97. The average molecular weight is 428 g/mol. The van der Waals surface area contributed by atoms with Crippen LogP contribution in [-0.2, 0) is 0 Å². The molecule has 1 aliphatic rings. The topological polar surface area (TPSA) is 42.2 Å². The first kappa shape index (κ1) is 20.3. The quantitative estimate of drug-likeness (QED) is 0.445. The van der Waals surface area contributed by atoms with Crippen molar-refractivity contribution in [1.29, 1.82) is 0 Å². The van der Waals surface area contributed by atoms with Crippen LogP contribution in [0.3, 0.4) is 0 Å². The third-order valence-electron chi connectivity index (χ3n) is 5.69. The Morgan fingerprint density at radius 2 is 2.00 bits per heavy atom. The van der Waals surface area contributed by atoms with E-state index in [-0.39, 0.29) is 0 Å². The van der Waals surface area contributed by atoms with Crippen LogP contribution in [0.15, 0.2) is 52.4 Å². The first-order valence-corrected chi connectivity index (χ1v) is 11.3. The Morgan fingerprint density at radius 3 is 2.69 bits per heavy atom. The number of halogens is 1. The Morgan fingerprint density at radius 1 is 1.17 bits per heavy atom. The Hall–Kier alpha value is -1.95. The van der Waals surface area contributed by atoms with Crippen LogP contribution in [-0.4, -0.2) is 29.1 Å². The molecule has 4 nitrogen and oxygen atoms in total. The van der Waals surface area contributed by atoms with E-state index in [0.29, 0.717) is 34.6 Å². The van der Waals surface area contributed by atoms with Gasteiger partial charge in [-0.3, -0.25) is 0 Å². The largest absolute Gasteiger partial charge is 0.334 e. The molecule has 1 unspecified atom stereocenters. The first-order valence-electron chi connectivity index (χ1n) is 10.1. The van der Waals surface area contributed by atoms with Crippen LogP contribution in [0.2, 0.25) is 5.02 Å². The van der Waals surface area contributed by atoms with Gasteiger partial charge in [0.15, 0.2) is 0 Å². The van der Waals surface area contributed by atoms with Crippen LogP contribution < -0.4 is 0 Å². The van der Waals surface area contributed by atoms with Gasteiger partial charge < -0.3 is 9.42 Å². The van der Waals surface area contributed by atoms with E-state index in [2.05, 4.69) is 52.7 Å². The lowest BCUT2D eigenvalue weighted by molar-refractivity contribution is 0.162. The number of nitrogens with zero attached hydrogens (tertiary/aromatic N) is 3. The molecule has 4 rings (SSSR count). The Balaban J connectivity index is 1.36. The second-order valence-electron chi connectivity index (χ2n) is 7.92. The molecular weight excluding hydrogens is 402 g/mol. The first-order chi connectivity index (χ1) is 14.1. The van der Waals surface area contributed by atoms with Crippen LogP contribution in [0.4, 0.5) is 0 Å². The van der Waals surface area contributed by atoms with Crippen LogP contribution >= 0.6 is 22.9 Å². The van der Waals surface area contributed by atoms with Gasteiger partial charge in [-0.1, -0.05) is 41.0 Å². The number of hydrogen-bond acceptors (Lipinski definition) is 5. The highest BCUT2D eigenvalue weighted by Crippen LogP contribution is 2.41. The second-order valence-corrected chi connectivity index (χ2v) is 9.34. The van der Waals surface area contributed by atoms with E-state index in [0.717, 1.165) is 5.56 Å². The Kier molecular flexibility index (Phi) is 6.48. The van der Waals surface area contributed by atoms with E-state index >= 15 is 0 Å². The van der Waals surface area contributed by atoms with E-state index in [1.807, 2.05) is 41.7 Å². The fourth-order valence-electron chi connectivity index (χ4n) is 4.29. The van der Waals surface area contributed by atoms with Crippen molar-refractivity contribution < 1.29 is 4.52 Å². The van der Waals surface area contributed by atoms with E-state index in [1.165, 1.54) is 30.6 Å². The average Bonchev–Trinajstić information content (AvgIpc) is 3.40. The number of aromatic nitrogens is 2. The summed E-state index contributed by atoms with van der Waals surface area (Å²) in [5, 5.41) is 6.92. The standard InChI is InChI=1S/C23H26ClN3OS/c1-27(2)22(20-7-4-14-29-20)17-11-8-16(9-12-17)10-13-21-25-23(26-28-21)18-5-3-6-19(24)15-18/h3-7,10,13-17,22H,8-9,11-12H2,1-2H3. The van der Waals surface area contributed by atoms with Gasteiger partial charge in [-0.25, -0.2) is 0 Å². The van der Waals surface area contributed by atoms with Crippen molar-refractivity contribution >= 4 is 29.0 Å². The van der Waals surface area contributed by atoms with Crippen molar-refractivity contribution in [2.75, 3.05) is 14.1 Å². The van der Waals surface area contributed by atoms with Gasteiger partial charge in [0, 0.05) is 21.5 Å². The molecule has 0 radical (unpaired) electrons. The second kappa shape index (κ2) is 9.24. The fraction of sp³-hybridized carbons (Fsp3) is 0.391. The molecule has 6 heteroatoms. The molecule has 29 heavy (non-hydrogen) atoms. The van der Waals surface area contributed by atoms with Gasteiger partial charge >= 0.3 is 0 Å². The van der Waals surface area contributed by atoms with Crippen LogP contribution in [0.5, 0.6) is 0 Å². The molecule has 1 aromatic carbocycles. The molecular formula is C23H26ClN3OS. The fourth-order valence-corrected chi connectivity index (χ4v) is 5.49. The summed E-state index contributed by atoms with van der Waals surface area (Å²) >= 11 is 7.92. The van der Waals surface area contributed by atoms with Crippen molar-refractivity contribution in [1.82, 2.24) is 15.0 Å². The molecule has 1 atom stereocenters. The molecule has 1 saturated carbocycles. The predicted molar refractivity (Wildman–Crippen MR) is 120 cm³/mol. The summed E-state index contributed by atoms with van der Waals surface area (Å²) in [6, 6.07) is 12.5. The van der Waals surface area contributed by atoms with Crippen molar-refractivity contribution in [3.05, 3.63) is 63.6 Å². The summed E-state index contributed by atoms with van der Waals surface area (Å²) in [5.41, 5.74) is 0.865. The summed E-state index contributed by atoms with van der Waals surface area (Å²) in [6.45, 7) is 0. The minimum atomic E-state index is 0.524. The molecule has 0 amide bonds. The molecule has 0 bridgehead atoms. The van der Waals surface area contributed by atoms with Gasteiger partial charge in [-0.05, 0) is 81.3 Å². The van der Waals surface area contributed by atoms with Gasteiger partial charge in [0.2, 0.25) is 5.82 Å². The zero-order valence-corrected chi connectivity index (χ0v) is 18.4. The molecule has 1 aliphatic carbocycles. The van der Waals surface area contributed by atoms with E-state index < -0.39 is 0 Å². The highest BCUT2D eigenvalue weighted by Gasteiger charge is 2.29. The summed E-state index contributed by atoms with van der Waals surface area (Å²) in [6.07, 6.45) is 9.09. The zero-order valence-electron chi connectivity index (χ0n) is 16.8. The SMILES string of the molecule is CN(C)C(c1cccs1)C1CCC(C=Cc2nc(-c3cccc(Cl)c3)no2)CC1. The normalized spacial score (nSPS) is 21.1. The monoisotopic (exact) mass is 427 g/mol. The van der Waals surface area contributed by atoms with Gasteiger partial charge in [-0.15, -0.1) is 11.3 Å². The van der Waals surface area contributed by atoms with Crippen LogP contribution in [0.25, 0.3) is 17.5 Å². The molecule has 2 aromatic heterocycles. The van der Waals surface area contributed by atoms with E-state index in [4.69, 9.17) is 16.1 Å². The predicted octanol–water partition coefficient (Wildman–Crippen LogP) is 6.57. The summed E-state index contributed by atoms with van der Waals surface area (Å²) in [4.78, 5) is 8.34. The number of allylic oxidation sites excluding steroid dienone is 1. The highest BCUT2D eigenvalue weighted by molar-refractivity contribution is 7.10. The highest BCUT2D eigenvalue weighted by atomic mass is 35.5. The van der Waals surface area contributed by atoms with Gasteiger partial charge in [0.25, 0.3) is 5.89 Å². The van der Waals surface area contributed by atoms with Crippen molar-refractivity contribution in [2.45, 2.75) is 31.7 Å². The van der Waals surface area contributed by atoms with Gasteiger partial charge in [0.05, 0.1) is 0 Å². The lowest BCUT2D eigenvalue weighted by atomic mass is 9.77. The van der Waals surface area contributed by atoms with Crippen LogP contribution in [0.1, 0.15) is 42.5 Å². The van der Waals surface area contributed by atoms with Crippen molar-refractivity contribution in [3.63, 3.8) is 0 Å². The van der Waals surface area contributed by atoms with Gasteiger partial charge in [0.1, 0.15) is 0 Å². The van der Waals surface area contributed by atoms with Crippen LogP contribution in [0, 0.1) is 11.8 Å². The third-order valence-corrected chi connectivity index (χ3v) is 6.87. The molecule has 152 valence electrons. The van der Waals surface area contributed by atoms with Crippen molar-refractivity contribution in [3.8, 4) is 11.4 Å². The maximum atomic E-state index is 6.05. The van der Waals surface area contributed by atoms with Crippen molar-refractivity contribution in [2.24, 2.45) is 11.8 Å². The molecule has 3 aromatic rings. The molecule has 0 N–H and O–H groups in total. The smallest absolute Gasteiger partial charge is 0.250 e. The molecule has 2 heterocycles. The Bertz CT molecular complexity index is 943. The summed E-state index contributed by atoms with van der Waals surface area (Å²) < 4.78 is 5.39. The summed E-state index contributed by atoms with van der Waals surface area (Å²) in [7, 11) is 4.40. The van der Waals surface area contributed by atoms with E-state index in [9.17, 15) is 0 Å².